The van der Waals surface area contributed by atoms with Crippen LogP contribution >= 0.6 is 0 Å². The predicted octanol–water partition coefficient (Wildman–Crippen LogP) is 4.22. The molecule has 2 fully saturated rings. The van der Waals surface area contributed by atoms with Crippen molar-refractivity contribution >= 4 is 11.8 Å². The Hall–Kier alpha value is -2.32. The van der Waals surface area contributed by atoms with Gasteiger partial charge in [-0.15, -0.1) is 0 Å². The Balaban J connectivity index is 1.70. The van der Waals surface area contributed by atoms with Crippen LogP contribution < -0.4 is 14.8 Å². The van der Waals surface area contributed by atoms with E-state index < -0.39 is 0 Å². The van der Waals surface area contributed by atoms with Gasteiger partial charge in [0.1, 0.15) is 0 Å². The summed E-state index contributed by atoms with van der Waals surface area (Å²) in [4.78, 5) is 31.0. The van der Waals surface area contributed by atoms with E-state index in [-0.39, 0.29) is 29.2 Å². The maximum absolute atomic E-state index is 13.7. The van der Waals surface area contributed by atoms with E-state index in [2.05, 4.69) is 44.8 Å². The standard InChI is InChI=1S/C30H49N3O5/c1-21(2)32(29(35)22-9-12-26(37-7)27(15-22)38-14-8-13-36-6)19-23-17-31-18-24(23)20-33(25-10-11-25)28(34)16-30(3,4)5/h9,12,15,21,23-25,31H,8,10-11,13-14,16-20H2,1-7H3/t23-,24+/m0/s1. The molecule has 0 radical (unpaired) electrons. The third kappa shape index (κ3) is 8.60. The molecule has 1 saturated carbocycles. The number of hydrogen-bond donors (Lipinski definition) is 1. The Bertz CT molecular complexity index is 925. The lowest BCUT2D eigenvalue weighted by atomic mass is 9.90. The number of amides is 2. The van der Waals surface area contributed by atoms with E-state index in [1.54, 1.807) is 26.4 Å². The molecular weight excluding hydrogens is 482 g/mol. The van der Waals surface area contributed by atoms with E-state index >= 15 is 0 Å². The molecule has 1 aromatic carbocycles. The molecule has 1 aromatic rings. The van der Waals surface area contributed by atoms with Gasteiger partial charge in [-0.3, -0.25) is 9.59 Å². The summed E-state index contributed by atoms with van der Waals surface area (Å²) in [6.45, 7) is 14.7. The maximum Gasteiger partial charge on any atom is 0.254 e. The summed E-state index contributed by atoms with van der Waals surface area (Å²) < 4.78 is 16.5. The lowest BCUT2D eigenvalue weighted by Crippen LogP contribution is -2.45. The molecule has 1 N–H and O–H groups in total. The lowest BCUT2D eigenvalue weighted by Gasteiger charge is -2.34. The first-order valence-corrected chi connectivity index (χ1v) is 14.1. The second-order valence-corrected chi connectivity index (χ2v) is 12.3. The molecule has 3 rings (SSSR count). The van der Waals surface area contributed by atoms with E-state index in [0.717, 1.165) is 38.9 Å². The van der Waals surface area contributed by atoms with Crippen LogP contribution in [-0.2, 0) is 9.53 Å². The topological polar surface area (TPSA) is 80.3 Å². The molecule has 1 aliphatic carbocycles. The SMILES string of the molecule is COCCCOc1cc(C(=O)N(C[C@@H]2CNC[C@@H]2CN(C(=O)CC(C)(C)C)C2CC2)C(C)C)ccc1OC. The van der Waals surface area contributed by atoms with E-state index in [1.807, 2.05) is 11.0 Å². The number of carbonyl (C=O) groups is 2. The average Bonchev–Trinajstić information content (AvgIpc) is 3.60. The van der Waals surface area contributed by atoms with Crippen LogP contribution in [0.1, 0.15) is 70.7 Å². The second kappa shape index (κ2) is 13.7. The number of nitrogens with zero attached hydrogens (tertiary/aromatic N) is 2. The number of hydrogen-bond acceptors (Lipinski definition) is 6. The number of carbonyl (C=O) groups excluding carboxylic acids is 2. The molecule has 2 aliphatic rings. The van der Waals surface area contributed by atoms with Crippen LogP contribution in [-0.4, -0.2) is 87.3 Å². The smallest absolute Gasteiger partial charge is 0.254 e. The molecule has 1 saturated heterocycles. The van der Waals surface area contributed by atoms with E-state index in [4.69, 9.17) is 14.2 Å². The van der Waals surface area contributed by atoms with Crippen molar-refractivity contribution in [3.8, 4) is 11.5 Å². The Kier molecular flexibility index (Phi) is 10.9. The van der Waals surface area contributed by atoms with E-state index in [0.29, 0.717) is 55.2 Å². The highest BCUT2D eigenvalue weighted by atomic mass is 16.5. The van der Waals surface area contributed by atoms with Gasteiger partial charge in [0.25, 0.3) is 5.91 Å². The quantitative estimate of drug-likeness (QED) is 0.362. The summed E-state index contributed by atoms with van der Waals surface area (Å²) >= 11 is 0. The van der Waals surface area contributed by atoms with Gasteiger partial charge in [0.05, 0.1) is 13.7 Å². The van der Waals surface area contributed by atoms with Gasteiger partial charge in [-0.05, 0) is 62.1 Å². The van der Waals surface area contributed by atoms with Gasteiger partial charge in [0.2, 0.25) is 5.91 Å². The minimum atomic E-state index is -0.0247. The summed E-state index contributed by atoms with van der Waals surface area (Å²) in [5.41, 5.74) is 0.562. The Morgan fingerprint density at radius 1 is 1.03 bits per heavy atom. The van der Waals surface area contributed by atoms with Crippen molar-refractivity contribution in [2.45, 2.75) is 72.4 Å². The number of rotatable bonds is 14. The molecule has 2 atom stereocenters. The van der Waals surface area contributed by atoms with Gasteiger partial charge in [0.15, 0.2) is 11.5 Å². The van der Waals surface area contributed by atoms with Crippen molar-refractivity contribution in [3.63, 3.8) is 0 Å². The molecule has 8 heteroatoms. The van der Waals surface area contributed by atoms with Crippen molar-refractivity contribution < 1.29 is 23.8 Å². The summed E-state index contributed by atoms with van der Waals surface area (Å²) in [6, 6.07) is 5.82. The third-order valence-corrected chi connectivity index (χ3v) is 7.38. The number of ether oxygens (including phenoxy) is 3. The highest BCUT2D eigenvalue weighted by Crippen LogP contribution is 2.33. The van der Waals surface area contributed by atoms with Crippen molar-refractivity contribution in [3.05, 3.63) is 23.8 Å². The van der Waals surface area contributed by atoms with Crippen LogP contribution in [0.4, 0.5) is 0 Å². The summed E-state index contributed by atoms with van der Waals surface area (Å²) in [5.74, 6) is 2.03. The number of nitrogens with one attached hydrogen (secondary N) is 1. The number of methoxy groups -OCH3 is 2. The zero-order valence-corrected chi connectivity index (χ0v) is 24.5. The molecule has 0 bridgehead atoms. The monoisotopic (exact) mass is 531 g/mol. The van der Waals surface area contributed by atoms with Crippen LogP contribution in [0.25, 0.3) is 0 Å². The first kappa shape index (κ1) is 30.2. The largest absolute Gasteiger partial charge is 0.493 e. The fraction of sp³-hybridized carbons (Fsp3) is 0.733. The summed E-state index contributed by atoms with van der Waals surface area (Å²) in [7, 11) is 3.27. The molecular formula is C30H49N3O5. The van der Waals surface area contributed by atoms with Crippen molar-refractivity contribution in [2.24, 2.45) is 17.3 Å². The van der Waals surface area contributed by atoms with Gasteiger partial charge in [-0.2, -0.15) is 0 Å². The third-order valence-electron chi connectivity index (χ3n) is 7.38. The lowest BCUT2D eigenvalue weighted by molar-refractivity contribution is -0.134. The fourth-order valence-corrected chi connectivity index (χ4v) is 5.12. The molecule has 0 spiro atoms. The molecule has 38 heavy (non-hydrogen) atoms. The highest BCUT2D eigenvalue weighted by molar-refractivity contribution is 5.95. The average molecular weight is 532 g/mol. The predicted molar refractivity (Wildman–Crippen MR) is 150 cm³/mol. The molecule has 1 heterocycles. The van der Waals surface area contributed by atoms with Gasteiger partial charge in [-0.25, -0.2) is 0 Å². The van der Waals surface area contributed by atoms with E-state index in [9.17, 15) is 9.59 Å². The van der Waals surface area contributed by atoms with Gasteiger partial charge in [0, 0.05) is 70.4 Å². The van der Waals surface area contributed by atoms with Crippen LogP contribution in [0.2, 0.25) is 0 Å². The zero-order valence-electron chi connectivity index (χ0n) is 24.5. The van der Waals surface area contributed by atoms with Gasteiger partial charge >= 0.3 is 0 Å². The van der Waals surface area contributed by atoms with Crippen LogP contribution in [0, 0.1) is 17.3 Å². The Morgan fingerprint density at radius 3 is 2.29 bits per heavy atom. The van der Waals surface area contributed by atoms with Crippen LogP contribution in [0.3, 0.4) is 0 Å². The molecule has 1 aliphatic heterocycles. The summed E-state index contributed by atoms with van der Waals surface area (Å²) in [5, 5.41) is 3.53. The maximum atomic E-state index is 13.7. The van der Waals surface area contributed by atoms with Gasteiger partial charge < -0.3 is 29.3 Å². The normalized spacial score (nSPS) is 19.5. The van der Waals surface area contributed by atoms with E-state index in [1.165, 1.54) is 0 Å². The first-order chi connectivity index (χ1) is 18.0. The molecule has 8 nitrogen and oxygen atoms in total. The Morgan fingerprint density at radius 2 is 1.71 bits per heavy atom. The Labute approximate surface area is 229 Å². The molecule has 214 valence electrons. The summed E-state index contributed by atoms with van der Waals surface area (Å²) in [6.07, 6.45) is 3.52. The van der Waals surface area contributed by atoms with Crippen LogP contribution in [0.15, 0.2) is 18.2 Å². The minimum absolute atomic E-state index is 0.0158. The minimum Gasteiger partial charge on any atom is -0.493 e. The molecule has 2 amide bonds. The first-order valence-electron chi connectivity index (χ1n) is 14.1. The fourth-order valence-electron chi connectivity index (χ4n) is 5.12. The molecule has 0 aromatic heterocycles. The van der Waals surface area contributed by atoms with Crippen molar-refractivity contribution in [2.75, 3.05) is 53.6 Å². The van der Waals surface area contributed by atoms with Crippen molar-refractivity contribution in [1.82, 2.24) is 15.1 Å². The van der Waals surface area contributed by atoms with Crippen molar-refractivity contribution in [1.29, 1.82) is 0 Å². The van der Waals surface area contributed by atoms with Crippen LogP contribution in [0.5, 0.6) is 11.5 Å². The zero-order chi connectivity index (χ0) is 27.9. The highest BCUT2D eigenvalue weighted by Gasteiger charge is 2.39. The molecule has 0 unspecified atom stereocenters. The van der Waals surface area contributed by atoms with Gasteiger partial charge in [-0.1, -0.05) is 20.8 Å². The number of benzene rings is 1. The second-order valence-electron chi connectivity index (χ2n) is 12.3.